The normalized spacial score (nSPS) is 15.4. The van der Waals surface area contributed by atoms with Gasteiger partial charge in [-0.05, 0) is 19.9 Å². The van der Waals surface area contributed by atoms with Crippen molar-refractivity contribution in [3.63, 3.8) is 0 Å². The van der Waals surface area contributed by atoms with Gasteiger partial charge in [-0.15, -0.1) is 0 Å². The highest BCUT2D eigenvalue weighted by atomic mass is 16.5. The van der Waals surface area contributed by atoms with Gasteiger partial charge in [0, 0.05) is 17.8 Å². The summed E-state index contributed by atoms with van der Waals surface area (Å²) in [6, 6.07) is 3.39. The van der Waals surface area contributed by atoms with Crippen molar-refractivity contribution in [3.05, 3.63) is 40.2 Å². The van der Waals surface area contributed by atoms with E-state index in [2.05, 4.69) is 5.32 Å². The lowest BCUT2D eigenvalue weighted by Crippen LogP contribution is -2.35. The van der Waals surface area contributed by atoms with Crippen LogP contribution in [0.4, 0.5) is 0 Å². The number of dihydropyridines is 1. The zero-order valence-electron chi connectivity index (χ0n) is 21.7. The lowest BCUT2D eigenvalue weighted by atomic mass is 9.79. The summed E-state index contributed by atoms with van der Waals surface area (Å²) < 4.78 is 38.2. The maximum absolute atomic E-state index is 13.3. The number of carbonyl (C=O) groups excluding carboxylic acids is 2. The first-order chi connectivity index (χ1) is 17.4. The summed E-state index contributed by atoms with van der Waals surface area (Å²) in [6.45, 7) is 5.05. The van der Waals surface area contributed by atoms with Crippen molar-refractivity contribution in [1.29, 1.82) is 0 Å². The maximum atomic E-state index is 13.3. The third-order valence-corrected chi connectivity index (χ3v) is 5.47. The average Bonchev–Trinajstić information content (AvgIpc) is 2.88. The van der Waals surface area contributed by atoms with E-state index in [1.54, 1.807) is 26.0 Å². The zero-order chi connectivity index (χ0) is 26.7. The lowest BCUT2D eigenvalue weighted by Gasteiger charge is -2.32. The second-order valence-corrected chi connectivity index (χ2v) is 7.58. The van der Waals surface area contributed by atoms with Crippen molar-refractivity contribution in [3.8, 4) is 17.2 Å². The maximum Gasteiger partial charge on any atom is 0.336 e. The first-order valence-corrected chi connectivity index (χ1v) is 11.5. The molecule has 0 aromatic heterocycles. The van der Waals surface area contributed by atoms with Crippen molar-refractivity contribution in [1.82, 2.24) is 5.32 Å². The highest BCUT2D eigenvalue weighted by molar-refractivity contribution is 6.00. The molecule has 200 valence electrons. The molecule has 11 nitrogen and oxygen atoms in total. The van der Waals surface area contributed by atoms with Crippen molar-refractivity contribution < 1.29 is 42.7 Å². The standard InChI is InChI=1S/C25H36N2O9/c1-7-36-25(29)21-17(14-35-13-12-34-11-10-26)27-15(2)19(24(28)33-6)20(21)16-8-9-18(30-3)23(32-5)22(16)31-4/h8-9,20,27H,7,10-14,26H2,1-6H3/t20-/m1/s1. The molecule has 0 saturated carbocycles. The number of hydrogen-bond donors (Lipinski definition) is 2. The van der Waals surface area contributed by atoms with Gasteiger partial charge in [0.25, 0.3) is 0 Å². The Morgan fingerprint density at radius 3 is 2.19 bits per heavy atom. The number of nitrogens with two attached hydrogens (primary N) is 1. The van der Waals surface area contributed by atoms with E-state index in [1.807, 2.05) is 0 Å². The van der Waals surface area contributed by atoms with E-state index in [-0.39, 0.29) is 31.0 Å². The van der Waals surface area contributed by atoms with Crippen LogP contribution in [0.3, 0.4) is 0 Å². The fourth-order valence-electron chi connectivity index (χ4n) is 3.98. The van der Waals surface area contributed by atoms with Gasteiger partial charge in [0.2, 0.25) is 5.75 Å². The van der Waals surface area contributed by atoms with Crippen LogP contribution in [0.15, 0.2) is 34.7 Å². The molecule has 0 unspecified atom stereocenters. The van der Waals surface area contributed by atoms with E-state index < -0.39 is 17.9 Å². The van der Waals surface area contributed by atoms with E-state index in [0.717, 1.165) is 0 Å². The molecular formula is C25H36N2O9. The van der Waals surface area contributed by atoms with E-state index in [4.69, 9.17) is 38.9 Å². The number of allylic oxidation sites excluding steroid dienone is 1. The van der Waals surface area contributed by atoms with Crippen LogP contribution >= 0.6 is 0 Å². The van der Waals surface area contributed by atoms with Gasteiger partial charge in [0.15, 0.2) is 11.5 Å². The van der Waals surface area contributed by atoms with Crippen LogP contribution in [0.25, 0.3) is 0 Å². The van der Waals surface area contributed by atoms with Crippen LogP contribution in [-0.4, -0.2) is 80.0 Å². The quantitative estimate of drug-likeness (QED) is 0.280. The predicted molar refractivity (Wildman–Crippen MR) is 131 cm³/mol. The topological polar surface area (TPSA) is 137 Å². The minimum absolute atomic E-state index is 0.0397. The van der Waals surface area contributed by atoms with Crippen LogP contribution in [0, 0.1) is 0 Å². The molecule has 36 heavy (non-hydrogen) atoms. The Kier molecular flexibility index (Phi) is 11.5. The molecule has 1 heterocycles. The third kappa shape index (κ3) is 6.48. The Morgan fingerprint density at radius 2 is 1.61 bits per heavy atom. The highest BCUT2D eigenvalue weighted by Gasteiger charge is 2.41. The van der Waals surface area contributed by atoms with Crippen molar-refractivity contribution in [2.24, 2.45) is 5.73 Å². The fraction of sp³-hybridized carbons (Fsp3) is 0.520. The lowest BCUT2D eigenvalue weighted by molar-refractivity contribution is -0.139. The van der Waals surface area contributed by atoms with E-state index in [9.17, 15) is 9.59 Å². The number of methoxy groups -OCH3 is 4. The minimum Gasteiger partial charge on any atom is -0.493 e. The summed E-state index contributed by atoms with van der Waals surface area (Å²) in [4.78, 5) is 26.3. The van der Waals surface area contributed by atoms with Crippen LogP contribution in [0.2, 0.25) is 0 Å². The fourth-order valence-corrected chi connectivity index (χ4v) is 3.98. The van der Waals surface area contributed by atoms with Crippen LogP contribution < -0.4 is 25.3 Å². The van der Waals surface area contributed by atoms with Gasteiger partial charge in [-0.3, -0.25) is 0 Å². The molecule has 1 aliphatic rings. The second-order valence-electron chi connectivity index (χ2n) is 7.58. The third-order valence-electron chi connectivity index (χ3n) is 5.47. The summed E-state index contributed by atoms with van der Waals surface area (Å²) in [6.07, 6.45) is 0. The van der Waals surface area contributed by atoms with Crippen LogP contribution in [-0.2, 0) is 28.5 Å². The molecule has 0 spiro atoms. The number of esters is 2. The van der Waals surface area contributed by atoms with Gasteiger partial charge in [-0.25, -0.2) is 9.59 Å². The van der Waals surface area contributed by atoms with Gasteiger partial charge in [0.05, 0.1) is 84.2 Å². The van der Waals surface area contributed by atoms with Gasteiger partial charge in [-0.1, -0.05) is 6.07 Å². The average molecular weight is 509 g/mol. The molecular weight excluding hydrogens is 472 g/mol. The van der Waals surface area contributed by atoms with Crippen molar-refractivity contribution in [2.45, 2.75) is 19.8 Å². The molecule has 1 aromatic carbocycles. The van der Waals surface area contributed by atoms with Crippen LogP contribution in [0.5, 0.6) is 17.2 Å². The number of rotatable bonds is 14. The van der Waals surface area contributed by atoms with Crippen LogP contribution in [0.1, 0.15) is 25.3 Å². The Labute approximate surface area is 211 Å². The molecule has 11 heteroatoms. The van der Waals surface area contributed by atoms with Gasteiger partial charge >= 0.3 is 11.9 Å². The minimum atomic E-state index is -0.903. The summed E-state index contributed by atoms with van der Waals surface area (Å²) in [7, 11) is 5.72. The Balaban J connectivity index is 2.69. The molecule has 0 bridgehead atoms. The van der Waals surface area contributed by atoms with Gasteiger partial charge < -0.3 is 44.2 Å². The highest BCUT2D eigenvalue weighted by Crippen LogP contribution is 2.48. The smallest absolute Gasteiger partial charge is 0.336 e. The van der Waals surface area contributed by atoms with Crippen molar-refractivity contribution in [2.75, 3.05) is 68.0 Å². The Morgan fingerprint density at radius 1 is 0.917 bits per heavy atom. The molecule has 3 N–H and O–H groups in total. The second kappa shape index (κ2) is 14.3. The van der Waals surface area contributed by atoms with Gasteiger partial charge in [0.1, 0.15) is 0 Å². The SMILES string of the molecule is CCOC(=O)C1=C(COCCOCCN)NC(C)=C(C(=O)OC)[C@H]1c1ccc(OC)c(OC)c1OC. The van der Waals surface area contributed by atoms with Gasteiger partial charge in [-0.2, -0.15) is 0 Å². The van der Waals surface area contributed by atoms with Crippen molar-refractivity contribution >= 4 is 11.9 Å². The summed E-state index contributed by atoms with van der Waals surface area (Å²) >= 11 is 0. The first kappa shape index (κ1) is 29.0. The molecule has 0 saturated heterocycles. The largest absolute Gasteiger partial charge is 0.493 e. The van der Waals surface area contributed by atoms with E-state index >= 15 is 0 Å². The number of carbonyl (C=O) groups is 2. The molecule has 0 radical (unpaired) electrons. The monoisotopic (exact) mass is 508 g/mol. The predicted octanol–water partition coefficient (Wildman–Crippen LogP) is 1.66. The Hall–Kier alpha value is -3.28. The number of ether oxygens (including phenoxy) is 7. The molecule has 1 aliphatic heterocycles. The number of hydrogen-bond acceptors (Lipinski definition) is 11. The summed E-state index contributed by atoms with van der Waals surface area (Å²) in [5, 5.41) is 3.14. The first-order valence-electron chi connectivity index (χ1n) is 11.5. The molecule has 1 atom stereocenters. The summed E-state index contributed by atoms with van der Waals surface area (Å²) in [5.74, 6) is -1.08. The molecule has 0 amide bonds. The van der Waals surface area contributed by atoms with E-state index in [1.165, 1.54) is 28.4 Å². The number of benzene rings is 1. The zero-order valence-corrected chi connectivity index (χ0v) is 21.7. The molecule has 1 aromatic rings. The Bertz CT molecular complexity index is 988. The van der Waals surface area contributed by atoms with E-state index in [0.29, 0.717) is 54.0 Å². The summed E-state index contributed by atoms with van der Waals surface area (Å²) in [5.41, 5.74) is 7.28. The molecule has 2 rings (SSSR count). The number of nitrogens with one attached hydrogen (secondary N) is 1. The molecule has 0 aliphatic carbocycles. The molecule has 0 fully saturated rings.